The number of halogens is 1. The second-order valence-electron chi connectivity index (χ2n) is 10.3. The third-order valence-corrected chi connectivity index (χ3v) is 9.63. The molecule has 0 bridgehead atoms. The Balaban J connectivity index is 1.29. The van der Waals surface area contributed by atoms with E-state index < -0.39 is 10.0 Å². The van der Waals surface area contributed by atoms with Gasteiger partial charge in [-0.3, -0.25) is 0 Å². The molecule has 2 aliphatic rings. The highest BCUT2D eigenvalue weighted by Gasteiger charge is 2.31. The number of sulfonamides is 1. The molecule has 10 nitrogen and oxygen atoms in total. The molecule has 2 aliphatic heterocycles. The molecule has 0 amide bonds. The lowest BCUT2D eigenvalue weighted by atomic mass is 9.98. The molecular weight excluding hydrogens is 586 g/mol. The molecule has 0 saturated carbocycles. The van der Waals surface area contributed by atoms with Gasteiger partial charge < -0.3 is 15.8 Å². The van der Waals surface area contributed by atoms with Crippen molar-refractivity contribution in [2.75, 3.05) is 31.2 Å². The minimum Gasteiger partial charge on any atom is -0.493 e. The van der Waals surface area contributed by atoms with Crippen LogP contribution in [0.5, 0.6) is 5.75 Å². The van der Waals surface area contributed by atoms with Crippen molar-refractivity contribution in [2.24, 2.45) is 4.99 Å². The number of nitrogens with two attached hydrogens (primary N) is 1. The number of benzene rings is 2. The number of allylic oxidation sites excluding steroid dienone is 1. The topological polar surface area (TPSA) is 136 Å². The van der Waals surface area contributed by atoms with Crippen molar-refractivity contribution in [3.8, 4) is 5.75 Å². The predicted octanol–water partition coefficient (Wildman–Crippen LogP) is 5.14. The highest BCUT2D eigenvalue weighted by Crippen LogP contribution is 2.38. The lowest BCUT2D eigenvalue weighted by Crippen LogP contribution is -2.45. The van der Waals surface area contributed by atoms with Crippen LogP contribution < -0.4 is 15.8 Å². The van der Waals surface area contributed by atoms with E-state index in [0.29, 0.717) is 59.9 Å². The Labute approximate surface area is 255 Å². The number of nitrogen functional groups attached to an aromatic ring is 1. The number of anilines is 2. The number of aromatic nitrogens is 3. The highest BCUT2D eigenvalue weighted by molar-refractivity contribution is 7.89. The van der Waals surface area contributed by atoms with Gasteiger partial charge in [-0.25, -0.2) is 28.4 Å². The maximum atomic E-state index is 13.3. The molecule has 220 valence electrons. The van der Waals surface area contributed by atoms with Crippen molar-refractivity contribution in [1.29, 1.82) is 0 Å². The SMILES string of the molecule is COc1cc(C2=C(c3ccnc(N[C@H]4CCCN(S(=O)(=O)c5ccc(Cl)cc5)C4)n3)N=C(c3ccccc3)C2)cnc1N. The number of methoxy groups -OCH3 is 1. The van der Waals surface area contributed by atoms with Gasteiger partial charge in [0.15, 0.2) is 11.6 Å². The molecule has 0 spiro atoms. The van der Waals surface area contributed by atoms with Crippen molar-refractivity contribution in [2.45, 2.75) is 30.2 Å². The molecular formula is C31H30ClN7O3S. The van der Waals surface area contributed by atoms with Crippen molar-refractivity contribution in [3.63, 3.8) is 0 Å². The zero-order valence-electron chi connectivity index (χ0n) is 23.4. The van der Waals surface area contributed by atoms with E-state index >= 15 is 0 Å². The van der Waals surface area contributed by atoms with E-state index in [-0.39, 0.29) is 10.9 Å². The Morgan fingerprint density at radius 2 is 1.84 bits per heavy atom. The second-order valence-corrected chi connectivity index (χ2v) is 12.7. The van der Waals surface area contributed by atoms with Crippen LogP contribution in [0.25, 0.3) is 11.3 Å². The average molecular weight is 616 g/mol. The molecule has 1 fully saturated rings. The summed E-state index contributed by atoms with van der Waals surface area (Å²) in [6, 6.07) is 19.7. The van der Waals surface area contributed by atoms with Crippen molar-refractivity contribution >= 4 is 50.4 Å². The summed E-state index contributed by atoms with van der Waals surface area (Å²) in [6.45, 7) is 0.732. The van der Waals surface area contributed by atoms with Gasteiger partial charge in [0, 0.05) is 48.5 Å². The number of ether oxygens (including phenoxy) is 1. The van der Waals surface area contributed by atoms with Crippen molar-refractivity contribution < 1.29 is 13.2 Å². The van der Waals surface area contributed by atoms with Gasteiger partial charge >= 0.3 is 0 Å². The average Bonchev–Trinajstić information content (AvgIpc) is 3.48. The molecule has 2 aromatic carbocycles. The molecule has 0 aliphatic carbocycles. The number of hydrogen-bond donors (Lipinski definition) is 2. The Morgan fingerprint density at radius 1 is 1.05 bits per heavy atom. The minimum absolute atomic E-state index is 0.169. The summed E-state index contributed by atoms with van der Waals surface area (Å²) in [6.07, 6.45) is 5.45. The van der Waals surface area contributed by atoms with Gasteiger partial charge in [0.05, 0.1) is 29.1 Å². The monoisotopic (exact) mass is 615 g/mol. The molecule has 0 radical (unpaired) electrons. The van der Waals surface area contributed by atoms with E-state index in [1.165, 1.54) is 16.4 Å². The van der Waals surface area contributed by atoms with Crippen LogP contribution in [0.1, 0.15) is 36.1 Å². The van der Waals surface area contributed by atoms with Crippen molar-refractivity contribution in [3.05, 3.63) is 101 Å². The van der Waals surface area contributed by atoms with Gasteiger partial charge in [0.25, 0.3) is 0 Å². The number of aliphatic imine (C=N–C) groups is 1. The zero-order chi connectivity index (χ0) is 30.0. The van der Waals surface area contributed by atoms with Crippen LogP contribution in [0.15, 0.2) is 89.0 Å². The van der Waals surface area contributed by atoms with E-state index in [2.05, 4.69) is 15.3 Å². The maximum absolute atomic E-state index is 13.3. The first-order valence-corrected chi connectivity index (χ1v) is 15.7. The summed E-state index contributed by atoms with van der Waals surface area (Å²) in [5, 5.41) is 3.85. The lowest BCUT2D eigenvalue weighted by Gasteiger charge is -2.32. The summed E-state index contributed by atoms with van der Waals surface area (Å²) in [7, 11) is -2.10. The fourth-order valence-corrected chi connectivity index (χ4v) is 6.95. The maximum Gasteiger partial charge on any atom is 0.243 e. The van der Waals surface area contributed by atoms with E-state index in [1.807, 2.05) is 42.5 Å². The summed E-state index contributed by atoms with van der Waals surface area (Å²) < 4.78 is 33.5. The molecule has 3 N–H and O–H groups in total. The van der Waals surface area contributed by atoms with E-state index in [1.54, 1.807) is 31.6 Å². The third-order valence-electron chi connectivity index (χ3n) is 7.50. The van der Waals surface area contributed by atoms with Crippen LogP contribution in [0.3, 0.4) is 0 Å². The molecule has 43 heavy (non-hydrogen) atoms. The summed E-state index contributed by atoms with van der Waals surface area (Å²) >= 11 is 5.97. The summed E-state index contributed by atoms with van der Waals surface area (Å²) in [5.41, 5.74) is 11.0. The number of rotatable bonds is 8. The van der Waals surface area contributed by atoms with Crippen LogP contribution in [0, 0.1) is 0 Å². The smallest absolute Gasteiger partial charge is 0.243 e. The van der Waals surface area contributed by atoms with Crippen LogP contribution >= 0.6 is 11.6 Å². The first-order valence-electron chi connectivity index (χ1n) is 13.8. The quantitative estimate of drug-likeness (QED) is 0.278. The van der Waals surface area contributed by atoms with Gasteiger partial charge in [-0.05, 0) is 60.4 Å². The van der Waals surface area contributed by atoms with Gasteiger partial charge in [-0.2, -0.15) is 4.31 Å². The zero-order valence-corrected chi connectivity index (χ0v) is 25.0. The second kappa shape index (κ2) is 12.1. The molecule has 6 rings (SSSR count). The first kappa shape index (κ1) is 28.8. The first-order chi connectivity index (χ1) is 20.8. The van der Waals surface area contributed by atoms with Crippen molar-refractivity contribution in [1.82, 2.24) is 19.3 Å². The van der Waals surface area contributed by atoms with E-state index in [9.17, 15) is 8.42 Å². The number of nitrogens with one attached hydrogen (secondary N) is 1. The molecule has 2 aromatic heterocycles. The third kappa shape index (κ3) is 6.10. The molecule has 1 atom stereocenters. The Kier molecular flexibility index (Phi) is 8.11. The fourth-order valence-electron chi connectivity index (χ4n) is 5.30. The van der Waals surface area contributed by atoms with Gasteiger partial charge in [-0.1, -0.05) is 41.9 Å². The number of nitrogens with zero attached hydrogens (tertiary/aromatic N) is 5. The van der Waals surface area contributed by atoms with Gasteiger partial charge in [-0.15, -0.1) is 0 Å². The molecule has 4 heterocycles. The fraction of sp³-hybridized carbons (Fsp3) is 0.226. The van der Waals surface area contributed by atoms with Crippen LogP contribution in [0.4, 0.5) is 11.8 Å². The number of piperidine rings is 1. The number of pyridine rings is 1. The molecule has 1 saturated heterocycles. The summed E-state index contributed by atoms with van der Waals surface area (Å²) in [5.74, 6) is 1.19. The Morgan fingerprint density at radius 3 is 2.60 bits per heavy atom. The van der Waals surface area contributed by atoms with Crippen LogP contribution in [-0.2, 0) is 10.0 Å². The van der Waals surface area contributed by atoms with Gasteiger partial charge in [0.2, 0.25) is 16.0 Å². The van der Waals surface area contributed by atoms with Gasteiger partial charge in [0.1, 0.15) is 0 Å². The standard InChI is InChI=1S/C31H30ClN7O3S/c1-42-28-16-21(18-35-30(28)33)25-17-27(20-6-3-2-4-7-20)37-29(25)26-13-14-34-31(38-26)36-23-8-5-15-39(19-23)43(40,41)24-11-9-22(32)10-12-24/h2-4,6-7,9-14,16,18,23H,5,8,15,17,19H2,1H3,(H2,33,35)(H,34,36,38)/t23-/m0/s1. The largest absolute Gasteiger partial charge is 0.493 e. The minimum atomic E-state index is -3.66. The number of hydrogen-bond acceptors (Lipinski definition) is 9. The Bertz CT molecular complexity index is 1810. The Hall–Kier alpha value is -4.32. The van der Waals surface area contributed by atoms with Crippen LogP contribution in [-0.4, -0.2) is 59.6 Å². The van der Waals surface area contributed by atoms with E-state index in [4.69, 9.17) is 32.0 Å². The van der Waals surface area contributed by atoms with E-state index in [0.717, 1.165) is 28.8 Å². The molecule has 12 heteroatoms. The molecule has 4 aromatic rings. The molecule has 0 unspecified atom stereocenters. The predicted molar refractivity (Wildman–Crippen MR) is 168 cm³/mol. The highest BCUT2D eigenvalue weighted by atomic mass is 35.5. The normalized spacial score (nSPS) is 17.5. The lowest BCUT2D eigenvalue weighted by molar-refractivity contribution is 0.326. The summed E-state index contributed by atoms with van der Waals surface area (Å²) in [4.78, 5) is 18.8. The van der Waals surface area contributed by atoms with Crippen LogP contribution in [0.2, 0.25) is 5.02 Å².